The van der Waals surface area contributed by atoms with Gasteiger partial charge in [0.05, 0.1) is 22.9 Å². The molecule has 0 unspecified atom stereocenters. The fourth-order valence-electron chi connectivity index (χ4n) is 1.85. The van der Waals surface area contributed by atoms with E-state index in [0.29, 0.717) is 12.1 Å². The molecule has 10 heteroatoms. The third kappa shape index (κ3) is 5.75. The van der Waals surface area contributed by atoms with Gasteiger partial charge in [-0.2, -0.15) is 0 Å². The first kappa shape index (κ1) is 21.5. The summed E-state index contributed by atoms with van der Waals surface area (Å²) in [5, 5.41) is 18.3. The normalized spacial score (nSPS) is 9.85. The van der Waals surface area contributed by atoms with Crippen LogP contribution in [0, 0.1) is 0 Å². The number of aromatic nitrogens is 2. The topological polar surface area (TPSA) is 130 Å². The Hall–Kier alpha value is -2.58. The molecule has 0 bridgehead atoms. The maximum Gasteiger partial charge on any atom is 0.343 e. The number of H-pyrrole nitrogens is 1. The second-order valence-electron chi connectivity index (χ2n) is 4.72. The van der Waals surface area contributed by atoms with Crippen molar-refractivity contribution >= 4 is 35.1 Å². The summed E-state index contributed by atoms with van der Waals surface area (Å²) in [5.74, 6) is -2.11. The van der Waals surface area contributed by atoms with Crippen LogP contribution in [0.2, 0.25) is 10.2 Å². The fraction of sp³-hybridized carbons (Fsp3) is 0.250. The Bertz CT molecular complexity index is 866. The molecule has 2 aromatic heterocycles. The Kier molecular flexibility index (Phi) is 8.08. The van der Waals surface area contributed by atoms with Crippen LogP contribution in [0.25, 0.3) is 0 Å². The molecule has 0 fully saturated rings. The first-order chi connectivity index (χ1) is 12.2. The summed E-state index contributed by atoms with van der Waals surface area (Å²) in [7, 11) is 0. The van der Waals surface area contributed by atoms with Gasteiger partial charge in [0.15, 0.2) is 0 Å². The predicted molar refractivity (Wildman–Crippen MR) is 95.3 cm³/mol. The molecule has 2 aromatic rings. The number of carbonyl (C=O) groups is 2. The summed E-state index contributed by atoms with van der Waals surface area (Å²) < 4.78 is 4.63. The van der Waals surface area contributed by atoms with Crippen LogP contribution in [0.1, 0.15) is 40.3 Å². The molecule has 0 amide bonds. The number of hydrogen-bond acceptors (Lipinski definition) is 6. The van der Waals surface area contributed by atoms with E-state index in [2.05, 4.69) is 14.7 Å². The van der Waals surface area contributed by atoms with Gasteiger partial charge in [0.25, 0.3) is 5.56 Å². The standard InChI is InChI=1S/C8H7Cl2NO2.C8H9NO4/c1-2-5-7(8(12)13)4(9)3-6(10)11-5;1-2-13-8(12)5-4-9-7(11)3-6(5)10/h3H,2H2,1H3,(H,12,13);3-4H,2H2,1H3,(H2,9,10,11). The molecule has 0 radical (unpaired) electrons. The lowest BCUT2D eigenvalue weighted by Crippen LogP contribution is -2.10. The van der Waals surface area contributed by atoms with Gasteiger partial charge in [0, 0.05) is 12.3 Å². The maximum atomic E-state index is 11.1. The lowest BCUT2D eigenvalue weighted by Gasteiger charge is -2.04. The number of carboxylic acids is 1. The van der Waals surface area contributed by atoms with Gasteiger partial charge in [0.2, 0.25) is 0 Å². The number of aromatic carboxylic acids is 1. The molecule has 0 spiro atoms. The Labute approximate surface area is 158 Å². The van der Waals surface area contributed by atoms with Gasteiger partial charge in [-0.15, -0.1) is 0 Å². The molecule has 26 heavy (non-hydrogen) atoms. The number of ether oxygens (including phenoxy) is 1. The van der Waals surface area contributed by atoms with Gasteiger partial charge < -0.3 is 19.9 Å². The average molecular weight is 403 g/mol. The van der Waals surface area contributed by atoms with E-state index in [1.807, 2.05) is 0 Å². The molecule has 0 aliphatic carbocycles. The van der Waals surface area contributed by atoms with Crippen LogP contribution in [-0.4, -0.2) is 38.7 Å². The highest BCUT2D eigenvalue weighted by atomic mass is 35.5. The number of aromatic hydroxyl groups is 1. The fourth-order valence-corrected chi connectivity index (χ4v) is 2.41. The van der Waals surface area contributed by atoms with Gasteiger partial charge in [-0.1, -0.05) is 30.1 Å². The molecule has 2 rings (SSSR count). The summed E-state index contributed by atoms with van der Waals surface area (Å²) in [4.78, 5) is 38.6. The van der Waals surface area contributed by atoms with E-state index in [0.717, 1.165) is 12.3 Å². The van der Waals surface area contributed by atoms with E-state index in [4.69, 9.17) is 33.4 Å². The number of carbonyl (C=O) groups excluding carboxylic acids is 1. The number of pyridine rings is 2. The van der Waals surface area contributed by atoms with Crippen LogP contribution in [0.3, 0.4) is 0 Å². The van der Waals surface area contributed by atoms with Crippen LogP contribution in [0.4, 0.5) is 0 Å². The summed E-state index contributed by atoms with van der Waals surface area (Å²) in [6, 6.07) is 2.25. The predicted octanol–water partition coefficient (Wildman–Crippen LogP) is 2.91. The average Bonchev–Trinajstić information content (AvgIpc) is 2.54. The number of esters is 1. The lowest BCUT2D eigenvalue weighted by atomic mass is 10.1. The van der Waals surface area contributed by atoms with E-state index < -0.39 is 17.5 Å². The minimum Gasteiger partial charge on any atom is -0.507 e. The quantitative estimate of drug-likeness (QED) is 0.529. The van der Waals surface area contributed by atoms with Crippen LogP contribution in [-0.2, 0) is 11.2 Å². The molecular weight excluding hydrogens is 387 g/mol. The first-order valence-electron chi connectivity index (χ1n) is 7.38. The summed E-state index contributed by atoms with van der Waals surface area (Å²) in [6.45, 7) is 3.67. The van der Waals surface area contributed by atoms with Crippen LogP contribution in [0.15, 0.2) is 23.1 Å². The number of hydrogen-bond donors (Lipinski definition) is 3. The summed E-state index contributed by atoms with van der Waals surface area (Å²) in [5.41, 5.74) is -0.0643. The Morgan fingerprint density at radius 2 is 1.92 bits per heavy atom. The van der Waals surface area contributed by atoms with Gasteiger partial charge >= 0.3 is 11.9 Å². The zero-order valence-corrected chi connectivity index (χ0v) is 15.4. The highest BCUT2D eigenvalue weighted by Gasteiger charge is 2.15. The number of carboxylic acid groups (broad SMARTS) is 1. The van der Waals surface area contributed by atoms with Crippen LogP contribution >= 0.6 is 23.2 Å². The number of halogens is 2. The minimum atomic E-state index is -1.08. The largest absolute Gasteiger partial charge is 0.507 e. The van der Waals surface area contributed by atoms with E-state index in [1.165, 1.54) is 6.07 Å². The molecule has 8 nitrogen and oxygen atoms in total. The number of aromatic amines is 1. The highest BCUT2D eigenvalue weighted by molar-refractivity contribution is 6.36. The van der Waals surface area contributed by atoms with Crippen LogP contribution < -0.4 is 5.56 Å². The Morgan fingerprint density at radius 1 is 1.27 bits per heavy atom. The van der Waals surface area contributed by atoms with Crippen molar-refractivity contribution in [3.8, 4) is 5.75 Å². The molecule has 2 heterocycles. The number of rotatable bonds is 4. The summed E-state index contributed by atoms with van der Waals surface area (Å²) >= 11 is 11.3. The molecule has 0 aromatic carbocycles. The van der Waals surface area contributed by atoms with E-state index in [-0.39, 0.29) is 33.7 Å². The van der Waals surface area contributed by atoms with Gasteiger partial charge in [-0.25, -0.2) is 14.6 Å². The van der Waals surface area contributed by atoms with Crippen LogP contribution in [0.5, 0.6) is 5.75 Å². The zero-order valence-electron chi connectivity index (χ0n) is 13.9. The smallest absolute Gasteiger partial charge is 0.343 e. The number of nitrogens with zero attached hydrogens (tertiary/aromatic N) is 1. The number of nitrogens with one attached hydrogen (secondary N) is 1. The van der Waals surface area contributed by atoms with E-state index in [1.54, 1.807) is 13.8 Å². The van der Waals surface area contributed by atoms with Crippen molar-refractivity contribution in [2.75, 3.05) is 6.61 Å². The molecule has 140 valence electrons. The molecule has 3 N–H and O–H groups in total. The monoisotopic (exact) mass is 402 g/mol. The van der Waals surface area contributed by atoms with Crippen molar-refractivity contribution < 1.29 is 24.5 Å². The molecule has 0 atom stereocenters. The highest BCUT2D eigenvalue weighted by Crippen LogP contribution is 2.22. The summed E-state index contributed by atoms with van der Waals surface area (Å²) in [6.07, 6.45) is 1.61. The van der Waals surface area contributed by atoms with E-state index in [9.17, 15) is 14.4 Å². The van der Waals surface area contributed by atoms with Gasteiger partial charge in [0.1, 0.15) is 16.5 Å². The molecule has 0 aliphatic rings. The van der Waals surface area contributed by atoms with Crippen molar-refractivity contribution in [1.29, 1.82) is 0 Å². The first-order valence-corrected chi connectivity index (χ1v) is 8.13. The molecule has 0 saturated heterocycles. The Balaban J connectivity index is 0.000000260. The second kappa shape index (κ2) is 9.79. The van der Waals surface area contributed by atoms with Gasteiger partial charge in [-0.3, -0.25) is 4.79 Å². The second-order valence-corrected chi connectivity index (χ2v) is 5.52. The van der Waals surface area contributed by atoms with E-state index >= 15 is 0 Å². The minimum absolute atomic E-state index is 0.0357. The molecular formula is C16H16Cl2N2O6. The van der Waals surface area contributed by atoms with Crippen molar-refractivity contribution in [1.82, 2.24) is 9.97 Å². The zero-order chi connectivity index (χ0) is 19.9. The lowest BCUT2D eigenvalue weighted by molar-refractivity contribution is 0.0522. The van der Waals surface area contributed by atoms with Crippen molar-refractivity contribution in [2.24, 2.45) is 0 Å². The van der Waals surface area contributed by atoms with Crippen molar-refractivity contribution in [2.45, 2.75) is 20.3 Å². The maximum absolute atomic E-state index is 11.1. The van der Waals surface area contributed by atoms with Gasteiger partial charge in [-0.05, 0) is 19.4 Å². The number of aryl methyl sites for hydroxylation is 1. The molecule has 0 aliphatic heterocycles. The molecule has 0 saturated carbocycles. The third-order valence-corrected chi connectivity index (χ3v) is 3.45. The Morgan fingerprint density at radius 3 is 2.42 bits per heavy atom. The van der Waals surface area contributed by atoms with Crippen molar-refractivity contribution in [3.63, 3.8) is 0 Å². The SMILES string of the molecule is CCOC(=O)c1c[nH]c(=O)cc1O.CCc1nc(Cl)cc(Cl)c1C(=O)O. The third-order valence-electron chi connectivity index (χ3n) is 2.96. The van der Waals surface area contributed by atoms with Crippen molar-refractivity contribution in [3.05, 3.63) is 55.7 Å².